The molecule has 1 amide bonds. The van der Waals surface area contributed by atoms with Crippen LogP contribution in [0.1, 0.15) is 71.4 Å². The van der Waals surface area contributed by atoms with Crippen molar-refractivity contribution in [2.45, 2.75) is 78.7 Å². The minimum Gasteiger partial charge on any atom is -0.444 e. The van der Waals surface area contributed by atoms with Crippen LogP contribution in [-0.2, 0) is 22.4 Å². The number of aromatic nitrogens is 2. The van der Waals surface area contributed by atoms with Crippen LogP contribution in [0, 0.1) is 5.92 Å². The minimum atomic E-state index is -0.475. The fourth-order valence-corrected chi connectivity index (χ4v) is 3.27. The topological polar surface area (TPSA) is 68.6 Å². The van der Waals surface area contributed by atoms with Gasteiger partial charge in [-0.05, 0) is 59.4 Å². The van der Waals surface area contributed by atoms with E-state index in [1.807, 2.05) is 25.5 Å². The number of hydrogen-bond acceptors (Lipinski definition) is 5. The van der Waals surface area contributed by atoms with Crippen LogP contribution in [0.4, 0.5) is 4.79 Å². The first-order chi connectivity index (χ1) is 13.1. The molecule has 0 spiro atoms. The van der Waals surface area contributed by atoms with Gasteiger partial charge in [-0.2, -0.15) is 5.10 Å². The molecule has 1 aliphatic heterocycles. The summed E-state index contributed by atoms with van der Waals surface area (Å²) in [6.45, 7) is 12.9. The molecule has 1 aromatic rings. The lowest BCUT2D eigenvalue weighted by molar-refractivity contribution is -0.0397. The molecular formula is C21H38N4O3. The maximum absolute atomic E-state index is 11.8. The van der Waals surface area contributed by atoms with Crippen LogP contribution in [0.2, 0.25) is 0 Å². The summed E-state index contributed by atoms with van der Waals surface area (Å²) < 4.78 is 13.2. The van der Waals surface area contributed by atoms with Crippen LogP contribution in [0.3, 0.4) is 0 Å². The van der Waals surface area contributed by atoms with Crippen molar-refractivity contribution in [2.24, 2.45) is 5.92 Å². The summed E-state index contributed by atoms with van der Waals surface area (Å²) in [5, 5.41) is 7.67. The Hall–Kier alpha value is -1.60. The second-order valence-corrected chi connectivity index (χ2v) is 9.17. The van der Waals surface area contributed by atoms with E-state index in [0.29, 0.717) is 12.5 Å². The van der Waals surface area contributed by atoms with Crippen molar-refractivity contribution in [3.8, 4) is 0 Å². The summed E-state index contributed by atoms with van der Waals surface area (Å²) in [4.78, 5) is 14.0. The number of alkyl carbamates (subject to hydrolysis) is 1. The predicted molar refractivity (Wildman–Crippen MR) is 110 cm³/mol. The molecule has 2 rings (SSSR count). The lowest BCUT2D eigenvalue weighted by atomic mass is 10.1. The van der Waals surface area contributed by atoms with Crippen molar-refractivity contribution < 1.29 is 14.3 Å². The SMILES string of the molecule is CC(C)Cc1nn(C2CCCCO2)cc1CN(C)CCNC(=O)OC(C)(C)C. The molecule has 2 heterocycles. The highest BCUT2D eigenvalue weighted by molar-refractivity contribution is 5.67. The summed E-state index contributed by atoms with van der Waals surface area (Å²) in [6.07, 6.45) is 6.14. The zero-order chi connectivity index (χ0) is 20.7. The van der Waals surface area contributed by atoms with E-state index in [4.69, 9.17) is 14.6 Å². The van der Waals surface area contributed by atoms with Gasteiger partial charge in [0, 0.05) is 38.0 Å². The number of carbonyl (C=O) groups is 1. The summed E-state index contributed by atoms with van der Waals surface area (Å²) in [6, 6.07) is 0. The van der Waals surface area contributed by atoms with Crippen molar-refractivity contribution in [2.75, 3.05) is 26.7 Å². The molecule has 0 radical (unpaired) electrons. The van der Waals surface area contributed by atoms with Crippen LogP contribution in [0.5, 0.6) is 0 Å². The van der Waals surface area contributed by atoms with Gasteiger partial charge in [-0.15, -0.1) is 0 Å². The molecule has 0 bridgehead atoms. The highest BCUT2D eigenvalue weighted by Crippen LogP contribution is 2.24. The Morgan fingerprint density at radius 2 is 2.18 bits per heavy atom. The summed E-state index contributed by atoms with van der Waals surface area (Å²) in [7, 11) is 2.06. The highest BCUT2D eigenvalue weighted by Gasteiger charge is 2.20. The van der Waals surface area contributed by atoms with Crippen LogP contribution < -0.4 is 5.32 Å². The molecule has 7 nitrogen and oxygen atoms in total. The third-order valence-electron chi connectivity index (χ3n) is 4.55. The van der Waals surface area contributed by atoms with Gasteiger partial charge < -0.3 is 19.7 Å². The normalized spacial score (nSPS) is 17.9. The van der Waals surface area contributed by atoms with Crippen molar-refractivity contribution >= 4 is 6.09 Å². The molecule has 1 fully saturated rings. The minimum absolute atomic E-state index is 0.0625. The van der Waals surface area contributed by atoms with Crippen LogP contribution in [0.25, 0.3) is 0 Å². The molecule has 7 heteroatoms. The van der Waals surface area contributed by atoms with Crippen LogP contribution in [-0.4, -0.2) is 53.1 Å². The molecule has 0 aliphatic carbocycles. The molecule has 1 aromatic heterocycles. The lowest BCUT2D eigenvalue weighted by Crippen LogP contribution is -2.36. The van der Waals surface area contributed by atoms with E-state index in [0.717, 1.165) is 44.7 Å². The fraction of sp³-hybridized carbons (Fsp3) is 0.810. The molecule has 1 saturated heterocycles. The molecular weight excluding hydrogens is 356 g/mol. The first kappa shape index (κ1) is 22.7. The van der Waals surface area contributed by atoms with Gasteiger partial charge in [0.25, 0.3) is 0 Å². The van der Waals surface area contributed by atoms with Gasteiger partial charge in [0.05, 0.1) is 5.69 Å². The molecule has 160 valence electrons. The Morgan fingerprint density at radius 1 is 1.43 bits per heavy atom. The predicted octanol–water partition coefficient (Wildman–Crippen LogP) is 3.74. The van der Waals surface area contributed by atoms with Gasteiger partial charge >= 0.3 is 6.09 Å². The Morgan fingerprint density at radius 3 is 2.79 bits per heavy atom. The second-order valence-electron chi connectivity index (χ2n) is 9.17. The average Bonchev–Trinajstić information content (AvgIpc) is 2.96. The van der Waals surface area contributed by atoms with E-state index in [-0.39, 0.29) is 12.3 Å². The summed E-state index contributed by atoms with van der Waals surface area (Å²) in [5.74, 6) is 0.550. The second kappa shape index (κ2) is 10.3. The molecule has 0 aromatic carbocycles. The van der Waals surface area contributed by atoms with Crippen LogP contribution >= 0.6 is 0 Å². The van der Waals surface area contributed by atoms with Gasteiger partial charge in [0.15, 0.2) is 0 Å². The Balaban J connectivity index is 1.91. The third kappa shape index (κ3) is 7.80. The van der Waals surface area contributed by atoms with E-state index < -0.39 is 5.60 Å². The number of nitrogens with zero attached hydrogens (tertiary/aromatic N) is 3. The van der Waals surface area contributed by atoms with Crippen molar-refractivity contribution in [1.29, 1.82) is 0 Å². The Kier molecular flexibility index (Phi) is 8.31. The van der Waals surface area contributed by atoms with Gasteiger partial charge in [0.1, 0.15) is 11.8 Å². The average molecular weight is 395 g/mol. The fourth-order valence-electron chi connectivity index (χ4n) is 3.27. The molecule has 1 atom stereocenters. The van der Waals surface area contributed by atoms with Crippen LogP contribution in [0.15, 0.2) is 6.20 Å². The zero-order valence-corrected chi connectivity index (χ0v) is 18.5. The van der Waals surface area contributed by atoms with E-state index in [9.17, 15) is 4.79 Å². The van der Waals surface area contributed by atoms with E-state index >= 15 is 0 Å². The molecule has 0 saturated carbocycles. The number of ether oxygens (including phenoxy) is 2. The van der Waals surface area contributed by atoms with E-state index in [1.165, 1.54) is 12.0 Å². The van der Waals surface area contributed by atoms with Crippen molar-refractivity contribution in [1.82, 2.24) is 20.0 Å². The first-order valence-corrected chi connectivity index (χ1v) is 10.5. The van der Waals surface area contributed by atoms with Gasteiger partial charge in [-0.1, -0.05) is 13.8 Å². The lowest BCUT2D eigenvalue weighted by Gasteiger charge is -2.22. The third-order valence-corrected chi connectivity index (χ3v) is 4.55. The summed E-state index contributed by atoms with van der Waals surface area (Å²) in [5.41, 5.74) is 1.91. The monoisotopic (exact) mass is 394 g/mol. The van der Waals surface area contributed by atoms with E-state index in [2.05, 4.69) is 37.3 Å². The summed E-state index contributed by atoms with van der Waals surface area (Å²) >= 11 is 0. The van der Waals surface area contributed by atoms with Crippen molar-refractivity contribution in [3.63, 3.8) is 0 Å². The quantitative estimate of drug-likeness (QED) is 0.727. The Labute approximate surface area is 169 Å². The number of hydrogen-bond donors (Lipinski definition) is 1. The number of nitrogens with one attached hydrogen (secondary N) is 1. The molecule has 1 N–H and O–H groups in total. The van der Waals surface area contributed by atoms with Crippen molar-refractivity contribution in [3.05, 3.63) is 17.5 Å². The number of likely N-dealkylation sites (N-methyl/N-ethyl adjacent to an activating group) is 1. The Bertz CT molecular complexity index is 616. The number of rotatable bonds is 8. The molecule has 28 heavy (non-hydrogen) atoms. The first-order valence-electron chi connectivity index (χ1n) is 10.5. The molecule has 1 unspecified atom stereocenters. The van der Waals surface area contributed by atoms with E-state index in [1.54, 1.807) is 0 Å². The molecule has 1 aliphatic rings. The van der Waals surface area contributed by atoms with Gasteiger partial charge in [-0.3, -0.25) is 0 Å². The number of carbonyl (C=O) groups excluding carboxylic acids is 1. The van der Waals surface area contributed by atoms with Gasteiger partial charge in [-0.25, -0.2) is 9.48 Å². The number of amides is 1. The largest absolute Gasteiger partial charge is 0.444 e. The van der Waals surface area contributed by atoms with Gasteiger partial charge in [0.2, 0.25) is 0 Å². The maximum Gasteiger partial charge on any atom is 0.407 e. The smallest absolute Gasteiger partial charge is 0.407 e. The highest BCUT2D eigenvalue weighted by atomic mass is 16.6. The zero-order valence-electron chi connectivity index (χ0n) is 18.5. The standard InChI is InChI=1S/C21H38N4O3/c1-16(2)13-18-17(15-25(23-18)19-9-7-8-12-27-19)14-24(6)11-10-22-20(26)28-21(3,4)5/h15-16,19H,7-14H2,1-6H3,(H,22,26). The maximum atomic E-state index is 11.8.